The lowest BCUT2D eigenvalue weighted by atomic mass is 10.0. The molecule has 0 aliphatic carbocycles. The molecule has 0 radical (unpaired) electrons. The number of carbonyl (C=O) groups excluding carboxylic acids is 2. The van der Waals surface area contributed by atoms with Crippen LogP contribution in [0.4, 0.5) is 16.2 Å². The van der Waals surface area contributed by atoms with Crippen molar-refractivity contribution in [3.8, 4) is 0 Å². The number of allylic oxidation sites excluding steroid dienone is 1. The number of anilines is 2. The van der Waals surface area contributed by atoms with E-state index in [0.29, 0.717) is 41.2 Å². The summed E-state index contributed by atoms with van der Waals surface area (Å²) in [5, 5.41) is 17.5. The number of benzene rings is 2. The van der Waals surface area contributed by atoms with Crippen molar-refractivity contribution in [2.45, 2.75) is 13.3 Å². The number of nitrogens with two attached hydrogens (primary N) is 2. The highest BCUT2D eigenvalue weighted by Crippen LogP contribution is 2.17. The van der Waals surface area contributed by atoms with E-state index in [-0.39, 0.29) is 25.7 Å². The van der Waals surface area contributed by atoms with E-state index < -0.39 is 6.09 Å². The van der Waals surface area contributed by atoms with Crippen molar-refractivity contribution in [3.05, 3.63) is 71.8 Å². The molecule has 0 heterocycles. The maximum Gasteiger partial charge on any atom is 0.407 e. The number of hydrogen-bond donors (Lipinski definition) is 4. The predicted octanol–water partition coefficient (Wildman–Crippen LogP) is 0.905. The van der Waals surface area contributed by atoms with Crippen LogP contribution in [0.2, 0.25) is 0 Å². The zero-order chi connectivity index (χ0) is 22.6. The Morgan fingerprint density at radius 2 is 1.84 bits per heavy atom. The van der Waals surface area contributed by atoms with Gasteiger partial charge in [0.2, 0.25) is 5.71 Å². The summed E-state index contributed by atoms with van der Waals surface area (Å²) >= 11 is 0. The van der Waals surface area contributed by atoms with Crippen LogP contribution in [-0.4, -0.2) is 49.1 Å². The lowest BCUT2D eigenvalue weighted by Gasteiger charge is -2.21. The number of para-hydroxylation sites is 2. The summed E-state index contributed by atoms with van der Waals surface area (Å²) in [6, 6.07) is 16.3. The van der Waals surface area contributed by atoms with Crippen LogP contribution >= 0.6 is 0 Å². The number of aliphatic hydroxyl groups excluding tert-OH is 1. The molecule has 8 nitrogen and oxygen atoms in total. The van der Waals surface area contributed by atoms with Crippen molar-refractivity contribution in [1.82, 2.24) is 5.32 Å². The highest BCUT2D eigenvalue weighted by atomic mass is 16.5. The number of nitrogens with zero attached hydrogens (tertiary/aromatic N) is 1. The summed E-state index contributed by atoms with van der Waals surface area (Å²) in [6.07, 6.45) is 1.28. The van der Waals surface area contributed by atoms with E-state index in [9.17, 15) is 9.59 Å². The maximum absolute atomic E-state index is 13.0. The van der Waals surface area contributed by atoms with E-state index >= 15 is 0 Å². The van der Waals surface area contributed by atoms with Crippen molar-refractivity contribution >= 4 is 29.1 Å². The summed E-state index contributed by atoms with van der Waals surface area (Å²) in [5.41, 5.74) is 8.84. The molecule has 0 atom stereocenters. The van der Waals surface area contributed by atoms with E-state index in [1.165, 1.54) is 11.0 Å². The molecule has 164 valence electrons. The summed E-state index contributed by atoms with van der Waals surface area (Å²) < 4.78 is 5.14. The molecular weight excluding hydrogens is 396 g/mol. The normalized spacial score (nSPS) is 11.0. The maximum atomic E-state index is 13.0. The molecule has 0 aliphatic heterocycles. The SMILES string of the molecule is C/C(=C\C(=O)N(CCOC(=O)NCCCO)c1ccccc1)C(=[NH2+])c1ccccc1N. The molecule has 8 heteroatoms. The third kappa shape index (κ3) is 7.27. The fourth-order valence-electron chi connectivity index (χ4n) is 2.82. The van der Waals surface area contributed by atoms with Gasteiger partial charge in [0.1, 0.15) is 6.61 Å². The third-order valence-corrected chi connectivity index (χ3v) is 4.50. The Labute approximate surface area is 181 Å². The first-order chi connectivity index (χ1) is 14.9. The average Bonchev–Trinajstić information content (AvgIpc) is 2.77. The Balaban J connectivity index is 2.10. The molecule has 2 aromatic carbocycles. The van der Waals surface area contributed by atoms with Gasteiger partial charge < -0.3 is 25.8 Å². The number of aliphatic hydroxyl groups is 1. The van der Waals surface area contributed by atoms with Gasteiger partial charge in [-0.3, -0.25) is 10.2 Å². The fraction of sp³-hybridized carbons (Fsp3) is 0.261. The van der Waals surface area contributed by atoms with Gasteiger partial charge in [-0.1, -0.05) is 30.3 Å². The minimum atomic E-state index is -0.599. The number of amides is 2. The van der Waals surface area contributed by atoms with Crippen LogP contribution < -0.4 is 21.4 Å². The standard InChI is InChI=1S/C23H28N4O4/c1-17(22(25)19-10-5-6-11-20(19)24)16-21(29)27(18-8-3-2-4-9-18)13-15-31-23(30)26-12-7-14-28/h2-6,8-11,16,25,28H,7,12-15,24H2,1H3,(H,26,30)/p+1/b17-16+,25-22?. The topological polar surface area (TPSA) is 130 Å². The van der Waals surface area contributed by atoms with E-state index in [0.717, 1.165) is 0 Å². The highest BCUT2D eigenvalue weighted by molar-refractivity contribution is 6.15. The van der Waals surface area contributed by atoms with Crippen molar-refractivity contribution < 1.29 is 24.8 Å². The van der Waals surface area contributed by atoms with Crippen LogP contribution in [0.1, 0.15) is 18.9 Å². The van der Waals surface area contributed by atoms with Crippen molar-refractivity contribution in [3.63, 3.8) is 0 Å². The van der Waals surface area contributed by atoms with Crippen LogP contribution in [-0.2, 0) is 9.53 Å². The molecule has 0 bridgehead atoms. The number of carbonyl (C=O) groups is 2. The zero-order valence-corrected chi connectivity index (χ0v) is 17.6. The second-order valence-corrected chi connectivity index (χ2v) is 6.79. The Morgan fingerprint density at radius 1 is 1.16 bits per heavy atom. The van der Waals surface area contributed by atoms with Gasteiger partial charge in [-0.2, -0.15) is 0 Å². The second kappa shape index (κ2) is 12.1. The van der Waals surface area contributed by atoms with Crippen LogP contribution in [0.15, 0.2) is 66.2 Å². The Hall–Kier alpha value is -3.65. The molecule has 0 unspecified atom stereocenters. The lowest BCUT2D eigenvalue weighted by Crippen LogP contribution is -2.42. The Kier molecular flexibility index (Phi) is 9.25. The van der Waals surface area contributed by atoms with Crippen molar-refractivity contribution in [2.24, 2.45) is 0 Å². The number of rotatable bonds is 10. The summed E-state index contributed by atoms with van der Waals surface area (Å²) in [4.78, 5) is 26.2. The molecule has 0 aromatic heterocycles. The zero-order valence-electron chi connectivity index (χ0n) is 17.6. The second-order valence-electron chi connectivity index (χ2n) is 6.79. The van der Waals surface area contributed by atoms with Gasteiger partial charge in [0.25, 0.3) is 5.91 Å². The molecule has 2 aromatic rings. The van der Waals surface area contributed by atoms with Gasteiger partial charge in [-0.05, 0) is 37.6 Å². The van der Waals surface area contributed by atoms with Gasteiger partial charge in [0.05, 0.1) is 12.1 Å². The quantitative estimate of drug-likeness (QED) is 0.194. The number of nitrogen functional groups attached to an aromatic ring is 1. The summed E-state index contributed by atoms with van der Waals surface area (Å²) in [7, 11) is 0. The van der Waals surface area contributed by atoms with E-state index in [4.69, 9.17) is 21.0 Å². The van der Waals surface area contributed by atoms with E-state index in [2.05, 4.69) is 5.32 Å². The Bertz CT molecular complexity index is 928. The number of ether oxygens (including phenoxy) is 1. The fourth-order valence-corrected chi connectivity index (χ4v) is 2.82. The van der Waals surface area contributed by atoms with Crippen LogP contribution in [0, 0.1) is 0 Å². The number of nitrogens with one attached hydrogen (secondary N) is 1. The van der Waals surface area contributed by atoms with Crippen molar-refractivity contribution in [2.75, 3.05) is 36.9 Å². The van der Waals surface area contributed by atoms with Crippen molar-refractivity contribution in [1.29, 1.82) is 0 Å². The van der Waals surface area contributed by atoms with E-state index in [1.54, 1.807) is 31.2 Å². The average molecular weight is 426 g/mol. The van der Waals surface area contributed by atoms with Gasteiger partial charge in [0.15, 0.2) is 0 Å². The minimum Gasteiger partial charge on any atom is -0.448 e. The molecule has 2 amide bonds. The lowest BCUT2D eigenvalue weighted by molar-refractivity contribution is -0.115. The monoisotopic (exact) mass is 425 g/mol. The predicted molar refractivity (Wildman–Crippen MR) is 120 cm³/mol. The summed E-state index contributed by atoms with van der Waals surface area (Å²) in [5.74, 6) is -0.301. The van der Waals surface area contributed by atoms with Crippen LogP contribution in [0.5, 0.6) is 0 Å². The Morgan fingerprint density at radius 3 is 2.52 bits per heavy atom. The molecule has 0 saturated heterocycles. The first-order valence-corrected chi connectivity index (χ1v) is 9.98. The smallest absolute Gasteiger partial charge is 0.407 e. The molecule has 0 saturated carbocycles. The largest absolute Gasteiger partial charge is 0.448 e. The summed E-state index contributed by atoms with van der Waals surface area (Å²) in [6.45, 7) is 2.21. The molecule has 0 aliphatic rings. The third-order valence-electron chi connectivity index (χ3n) is 4.50. The molecule has 0 spiro atoms. The van der Waals surface area contributed by atoms with Crippen LogP contribution in [0.25, 0.3) is 0 Å². The molecule has 2 rings (SSSR count). The first-order valence-electron chi connectivity index (χ1n) is 9.98. The minimum absolute atomic E-state index is 0.00328. The highest BCUT2D eigenvalue weighted by Gasteiger charge is 2.18. The van der Waals surface area contributed by atoms with Gasteiger partial charge >= 0.3 is 6.09 Å². The number of alkyl carbamates (subject to hydrolysis) is 1. The number of hydrogen-bond acceptors (Lipinski definition) is 5. The van der Waals surface area contributed by atoms with Gasteiger partial charge in [-0.15, -0.1) is 0 Å². The van der Waals surface area contributed by atoms with Gasteiger partial charge in [0, 0.05) is 36.2 Å². The van der Waals surface area contributed by atoms with E-state index in [1.807, 2.05) is 30.3 Å². The molecular formula is C23H29N4O4+. The van der Waals surface area contributed by atoms with Crippen LogP contribution in [0.3, 0.4) is 0 Å². The molecule has 6 N–H and O–H groups in total. The van der Waals surface area contributed by atoms with Gasteiger partial charge in [-0.25, -0.2) is 4.79 Å². The molecule has 0 fully saturated rings. The molecule has 31 heavy (non-hydrogen) atoms. The first kappa shape index (κ1) is 23.6.